The molecule has 8 heteroatoms. The van der Waals surface area contributed by atoms with Crippen LogP contribution in [0.1, 0.15) is 40.6 Å². The topological polar surface area (TPSA) is 81.1 Å². The summed E-state index contributed by atoms with van der Waals surface area (Å²) in [4.78, 5) is 12.9. The number of rotatable bonds is 5. The van der Waals surface area contributed by atoms with Crippen molar-refractivity contribution in [3.8, 4) is 11.5 Å². The Morgan fingerprint density at radius 2 is 1.80 bits per heavy atom. The summed E-state index contributed by atoms with van der Waals surface area (Å²) in [5.74, 6) is 1.00. The quantitative estimate of drug-likeness (QED) is 0.635. The summed E-state index contributed by atoms with van der Waals surface area (Å²) in [5, 5.41) is 14.7. The molecule has 1 amide bonds. The summed E-state index contributed by atoms with van der Waals surface area (Å²) in [6.45, 7) is 5.83. The normalized spacial score (nSPS) is 14.1. The van der Waals surface area contributed by atoms with Crippen molar-refractivity contribution in [1.29, 1.82) is 0 Å². The first-order chi connectivity index (χ1) is 14.1. The van der Waals surface area contributed by atoms with Crippen LogP contribution in [0.4, 0.5) is 5.69 Å². The molecule has 0 saturated carbocycles. The summed E-state index contributed by atoms with van der Waals surface area (Å²) < 4.78 is 7.85. The van der Waals surface area contributed by atoms with Gasteiger partial charge in [0.15, 0.2) is 11.4 Å². The highest BCUT2D eigenvalue weighted by molar-refractivity contribution is 6.04. The summed E-state index contributed by atoms with van der Waals surface area (Å²) in [6, 6.07) is 15.4. The molecule has 2 aromatic carbocycles. The maximum atomic E-state index is 12.9. The molecule has 7 nitrogen and oxygen atoms in total. The van der Waals surface area contributed by atoms with E-state index in [1.54, 1.807) is 0 Å². The molecule has 2 N–H and O–H groups in total. The zero-order valence-corrected chi connectivity index (χ0v) is 17.9. The van der Waals surface area contributed by atoms with Gasteiger partial charge in [0, 0.05) is 0 Å². The molecule has 1 aliphatic rings. The second-order valence-electron chi connectivity index (χ2n) is 7.31. The standard InChI is InChI=1S/C22H25N5O2.ClH/c1-15-7-9-18(10-8-15)29-20-6-4-3-5-19(20)24-22(28)21-16(2)27(26-25-21)17-11-13-23-14-12-17;/h3-10,17,23H,11-14H2,1-2H3,(H,24,28);1H. The summed E-state index contributed by atoms with van der Waals surface area (Å²) in [7, 11) is 0. The first-order valence-corrected chi connectivity index (χ1v) is 9.89. The number of hydrogen-bond donors (Lipinski definition) is 2. The molecule has 158 valence electrons. The molecule has 0 aliphatic carbocycles. The van der Waals surface area contributed by atoms with Gasteiger partial charge < -0.3 is 15.4 Å². The van der Waals surface area contributed by atoms with E-state index in [9.17, 15) is 4.79 Å². The first kappa shape index (κ1) is 21.8. The van der Waals surface area contributed by atoms with E-state index in [-0.39, 0.29) is 24.4 Å². The van der Waals surface area contributed by atoms with Crippen molar-refractivity contribution >= 4 is 24.0 Å². The average Bonchev–Trinajstić information content (AvgIpc) is 3.13. The highest BCUT2D eigenvalue weighted by atomic mass is 35.5. The zero-order valence-electron chi connectivity index (χ0n) is 17.1. The van der Waals surface area contributed by atoms with Crippen molar-refractivity contribution in [1.82, 2.24) is 20.3 Å². The minimum atomic E-state index is -0.289. The van der Waals surface area contributed by atoms with Gasteiger partial charge in [0.1, 0.15) is 5.75 Å². The summed E-state index contributed by atoms with van der Waals surface area (Å²) in [5.41, 5.74) is 2.88. The molecule has 0 radical (unpaired) electrons. The van der Waals surface area contributed by atoms with Gasteiger partial charge in [0.2, 0.25) is 0 Å². The molecule has 0 bridgehead atoms. The third-order valence-electron chi connectivity index (χ3n) is 5.18. The second-order valence-corrected chi connectivity index (χ2v) is 7.31. The molecule has 1 fully saturated rings. The van der Waals surface area contributed by atoms with Crippen molar-refractivity contribution in [2.24, 2.45) is 0 Å². The van der Waals surface area contributed by atoms with Gasteiger partial charge in [-0.15, -0.1) is 17.5 Å². The van der Waals surface area contributed by atoms with Gasteiger partial charge in [-0.3, -0.25) is 4.79 Å². The Labute approximate surface area is 182 Å². The van der Waals surface area contributed by atoms with E-state index < -0.39 is 0 Å². The lowest BCUT2D eigenvalue weighted by atomic mass is 10.1. The van der Waals surface area contributed by atoms with E-state index in [1.165, 1.54) is 0 Å². The Balaban J connectivity index is 0.00000256. The van der Waals surface area contributed by atoms with Crippen LogP contribution in [0.15, 0.2) is 48.5 Å². The third-order valence-corrected chi connectivity index (χ3v) is 5.18. The highest BCUT2D eigenvalue weighted by Crippen LogP contribution is 2.30. The smallest absolute Gasteiger partial charge is 0.278 e. The summed E-state index contributed by atoms with van der Waals surface area (Å²) in [6.07, 6.45) is 1.97. The Morgan fingerprint density at radius 1 is 1.10 bits per heavy atom. The molecule has 1 aromatic heterocycles. The number of ether oxygens (including phenoxy) is 1. The number of amides is 1. The van der Waals surface area contributed by atoms with Crippen LogP contribution in [0.3, 0.4) is 0 Å². The SMILES string of the molecule is Cc1ccc(Oc2ccccc2NC(=O)c2nnn(C3CCNCC3)c2C)cc1.Cl. The number of hydrogen-bond acceptors (Lipinski definition) is 5. The van der Waals surface area contributed by atoms with Crippen molar-refractivity contribution in [2.75, 3.05) is 18.4 Å². The minimum Gasteiger partial charge on any atom is -0.455 e. The number of anilines is 1. The van der Waals surface area contributed by atoms with Crippen LogP contribution in [0.25, 0.3) is 0 Å². The molecular formula is C22H26ClN5O2. The number of nitrogens with zero attached hydrogens (tertiary/aromatic N) is 3. The van der Waals surface area contributed by atoms with E-state index in [0.717, 1.165) is 37.2 Å². The second kappa shape index (κ2) is 9.73. The van der Waals surface area contributed by atoms with E-state index in [1.807, 2.05) is 67.1 Å². The molecular weight excluding hydrogens is 402 g/mol. The number of aromatic nitrogens is 3. The Bertz CT molecular complexity index is 997. The highest BCUT2D eigenvalue weighted by Gasteiger charge is 2.23. The molecule has 2 heterocycles. The van der Waals surface area contributed by atoms with E-state index >= 15 is 0 Å². The number of para-hydroxylation sites is 2. The number of nitrogens with one attached hydrogen (secondary N) is 2. The molecule has 0 spiro atoms. The fourth-order valence-corrected chi connectivity index (χ4v) is 3.52. The lowest BCUT2D eigenvalue weighted by Gasteiger charge is -2.23. The number of halogens is 1. The predicted octanol–water partition coefficient (Wildman–Crippen LogP) is 4.29. The molecule has 0 atom stereocenters. The number of piperidine rings is 1. The predicted molar refractivity (Wildman–Crippen MR) is 119 cm³/mol. The summed E-state index contributed by atoms with van der Waals surface area (Å²) >= 11 is 0. The molecule has 1 aliphatic heterocycles. The maximum Gasteiger partial charge on any atom is 0.278 e. The van der Waals surface area contributed by atoms with Gasteiger partial charge in [-0.25, -0.2) is 4.68 Å². The molecule has 30 heavy (non-hydrogen) atoms. The van der Waals surface area contributed by atoms with Gasteiger partial charge in [-0.2, -0.15) is 0 Å². The molecule has 0 unspecified atom stereocenters. The van der Waals surface area contributed by atoms with E-state index in [2.05, 4.69) is 20.9 Å². The number of carbonyl (C=O) groups is 1. The number of aryl methyl sites for hydroxylation is 1. The van der Waals surface area contributed by atoms with Crippen LogP contribution in [0.5, 0.6) is 11.5 Å². The first-order valence-electron chi connectivity index (χ1n) is 9.89. The van der Waals surface area contributed by atoms with E-state index in [4.69, 9.17) is 4.74 Å². The van der Waals surface area contributed by atoms with Gasteiger partial charge in [-0.1, -0.05) is 35.0 Å². The molecule has 1 saturated heterocycles. The number of carbonyl (C=O) groups excluding carboxylic acids is 1. The van der Waals surface area contributed by atoms with Crippen molar-refractivity contribution in [3.05, 3.63) is 65.5 Å². The van der Waals surface area contributed by atoms with Gasteiger partial charge in [0.05, 0.1) is 17.4 Å². The van der Waals surface area contributed by atoms with Crippen LogP contribution < -0.4 is 15.4 Å². The fraction of sp³-hybridized carbons (Fsp3) is 0.318. The van der Waals surface area contributed by atoms with Crippen LogP contribution >= 0.6 is 12.4 Å². The maximum absolute atomic E-state index is 12.9. The Kier molecular flexibility index (Phi) is 7.07. The Hall–Kier alpha value is -2.90. The number of benzene rings is 2. The fourth-order valence-electron chi connectivity index (χ4n) is 3.52. The third kappa shape index (κ3) is 4.80. The molecule has 4 rings (SSSR count). The van der Waals surface area contributed by atoms with Crippen molar-refractivity contribution in [2.45, 2.75) is 32.7 Å². The van der Waals surface area contributed by atoms with Gasteiger partial charge >= 0.3 is 0 Å². The lowest BCUT2D eigenvalue weighted by molar-refractivity contribution is 0.102. The zero-order chi connectivity index (χ0) is 20.2. The van der Waals surface area contributed by atoms with Gasteiger partial charge in [0.25, 0.3) is 5.91 Å². The Morgan fingerprint density at radius 3 is 2.53 bits per heavy atom. The monoisotopic (exact) mass is 427 g/mol. The van der Waals surface area contributed by atoms with E-state index in [0.29, 0.717) is 22.9 Å². The average molecular weight is 428 g/mol. The van der Waals surface area contributed by atoms with Crippen LogP contribution in [0, 0.1) is 13.8 Å². The minimum absolute atomic E-state index is 0. The van der Waals surface area contributed by atoms with Crippen molar-refractivity contribution in [3.63, 3.8) is 0 Å². The van der Waals surface area contributed by atoms with Crippen molar-refractivity contribution < 1.29 is 9.53 Å². The van der Waals surface area contributed by atoms with Gasteiger partial charge in [-0.05, 0) is 64.0 Å². The lowest BCUT2D eigenvalue weighted by Crippen LogP contribution is -2.30. The van der Waals surface area contributed by atoms with Crippen LogP contribution in [-0.2, 0) is 0 Å². The van der Waals surface area contributed by atoms with Crippen LogP contribution in [-0.4, -0.2) is 34.0 Å². The van der Waals surface area contributed by atoms with Crippen LogP contribution in [0.2, 0.25) is 0 Å². The largest absolute Gasteiger partial charge is 0.455 e. The molecule has 3 aromatic rings.